The molecule has 2 aromatic rings. The maximum Gasteiger partial charge on any atom is 0.240 e. The molecule has 0 aliphatic carbocycles. The molecule has 0 fully saturated rings. The highest BCUT2D eigenvalue weighted by Crippen LogP contribution is 2.18. The first-order chi connectivity index (χ1) is 10.2. The number of benzene rings is 1. The van der Waals surface area contributed by atoms with Gasteiger partial charge in [0.25, 0.3) is 0 Å². The number of thiophene rings is 1. The van der Waals surface area contributed by atoms with Gasteiger partial charge in [0.2, 0.25) is 5.91 Å². The Morgan fingerprint density at radius 2 is 2.05 bits per heavy atom. The van der Waals surface area contributed by atoms with Crippen LogP contribution in [0.2, 0.25) is 0 Å². The minimum atomic E-state index is -0.0480. The number of nitrogens with zero attached hydrogens (tertiary/aromatic N) is 1. The van der Waals surface area contributed by atoms with Crippen LogP contribution in [0.3, 0.4) is 0 Å². The number of para-hydroxylation sites is 1. The molecule has 0 spiro atoms. The van der Waals surface area contributed by atoms with Crippen molar-refractivity contribution in [2.24, 2.45) is 0 Å². The lowest BCUT2D eigenvalue weighted by molar-refractivity contribution is -0.120. The largest absolute Gasteiger partial charge is 0.395 e. The maximum atomic E-state index is 12.2. The fourth-order valence-electron chi connectivity index (χ4n) is 2.13. The number of hydrogen-bond donors (Lipinski definition) is 2. The van der Waals surface area contributed by atoms with Crippen molar-refractivity contribution in [3.8, 4) is 0 Å². The lowest BCUT2D eigenvalue weighted by Crippen LogP contribution is -2.39. The normalized spacial score (nSPS) is 11.9. The van der Waals surface area contributed by atoms with E-state index in [1.54, 1.807) is 11.3 Å². The minimum absolute atomic E-state index is 0.00394. The number of anilines is 1. The van der Waals surface area contributed by atoms with Crippen molar-refractivity contribution >= 4 is 22.9 Å². The summed E-state index contributed by atoms with van der Waals surface area (Å²) in [7, 11) is 0. The van der Waals surface area contributed by atoms with Crippen LogP contribution in [-0.4, -0.2) is 30.7 Å². The van der Waals surface area contributed by atoms with Crippen LogP contribution in [-0.2, 0) is 4.79 Å². The van der Waals surface area contributed by atoms with Gasteiger partial charge in [-0.25, -0.2) is 0 Å². The van der Waals surface area contributed by atoms with E-state index in [4.69, 9.17) is 0 Å². The molecule has 0 saturated heterocycles. The molecule has 1 heterocycles. The highest BCUT2D eigenvalue weighted by atomic mass is 32.1. The van der Waals surface area contributed by atoms with Crippen LogP contribution in [0.4, 0.5) is 5.69 Å². The number of aliphatic hydroxyl groups excluding tert-OH is 1. The summed E-state index contributed by atoms with van der Waals surface area (Å²) >= 11 is 1.63. The molecular formula is C16H20N2O2S. The average molecular weight is 304 g/mol. The van der Waals surface area contributed by atoms with Gasteiger partial charge in [0.1, 0.15) is 0 Å². The molecule has 112 valence electrons. The molecule has 5 heteroatoms. The maximum absolute atomic E-state index is 12.2. The Kier molecular flexibility index (Phi) is 5.78. The van der Waals surface area contributed by atoms with Gasteiger partial charge in [0, 0.05) is 17.1 Å². The third-order valence-electron chi connectivity index (χ3n) is 3.17. The lowest BCUT2D eigenvalue weighted by atomic mass is 10.2. The van der Waals surface area contributed by atoms with Crippen LogP contribution >= 0.6 is 11.3 Å². The summed E-state index contributed by atoms with van der Waals surface area (Å²) in [6.45, 7) is 2.66. The third-order valence-corrected chi connectivity index (χ3v) is 4.23. The van der Waals surface area contributed by atoms with Gasteiger partial charge in [-0.1, -0.05) is 24.3 Å². The lowest BCUT2D eigenvalue weighted by Gasteiger charge is -2.24. The van der Waals surface area contributed by atoms with Gasteiger partial charge in [-0.15, -0.1) is 11.3 Å². The average Bonchev–Trinajstić information content (AvgIpc) is 3.02. The minimum Gasteiger partial charge on any atom is -0.395 e. The van der Waals surface area contributed by atoms with Crippen LogP contribution < -0.4 is 10.2 Å². The molecule has 0 aliphatic heterocycles. The van der Waals surface area contributed by atoms with Crippen LogP contribution in [0.1, 0.15) is 17.8 Å². The number of aliphatic hydroxyl groups is 1. The molecule has 0 radical (unpaired) electrons. The van der Waals surface area contributed by atoms with E-state index in [2.05, 4.69) is 5.32 Å². The summed E-state index contributed by atoms with van der Waals surface area (Å²) < 4.78 is 0. The fourth-order valence-corrected chi connectivity index (χ4v) is 2.86. The molecule has 1 amide bonds. The third kappa shape index (κ3) is 4.58. The van der Waals surface area contributed by atoms with E-state index in [0.717, 1.165) is 10.6 Å². The standard InChI is InChI=1S/C16H20N2O2S/c1-13(15-8-5-11-21-15)17-16(20)12-18(9-10-19)14-6-3-2-4-7-14/h2-8,11,13,19H,9-10,12H2,1H3,(H,17,20). The fraction of sp³-hybridized carbons (Fsp3) is 0.312. The molecule has 1 aromatic heterocycles. The van der Waals surface area contributed by atoms with E-state index < -0.39 is 0 Å². The zero-order valence-corrected chi connectivity index (χ0v) is 12.8. The van der Waals surface area contributed by atoms with Crippen molar-refractivity contribution in [2.45, 2.75) is 13.0 Å². The number of carbonyl (C=O) groups is 1. The highest BCUT2D eigenvalue weighted by Gasteiger charge is 2.14. The first-order valence-corrected chi connectivity index (χ1v) is 7.82. The van der Waals surface area contributed by atoms with Crippen molar-refractivity contribution < 1.29 is 9.90 Å². The van der Waals surface area contributed by atoms with Crippen molar-refractivity contribution in [3.05, 3.63) is 52.7 Å². The van der Waals surface area contributed by atoms with Crippen LogP contribution in [0.5, 0.6) is 0 Å². The van der Waals surface area contributed by atoms with E-state index in [9.17, 15) is 9.90 Å². The predicted octanol–water partition coefficient (Wildman–Crippen LogP) is 2.42. The van der Waals surface area contributed by atoms with Gasteiger partial charge in [-0.3, -0.25) is 4.79 Å². The smallest absolute Gasteiger partial charge is 0.240 e. The van der Waals surface area contributed by atoms with Crippen LogP contribution in [0.25, 0.3) is 0 Å². The molecule has 1 aromatic carbocycles. The summed E-state index contributed by atoms with van der Waals surface area (Å²) in [5.41, 5.74) is 0.936. The van der Waals surface area contributed by atoms with Gasteiger partial charge in [0.05, 0.1) is 19.2 Å². The second-order valence-electron chi connectivity index (χ2n) is 4.79. The number of amides is 1. The summed E-state index contributed by atoms with van der Waals surface area (Å²) in [5, 5.41) is 14.2. The number of hydrogen-bond acceptors (Lipinski definition) is 4. The Bertz CT molecular complexity index is 543. The van der Waals surface area contributed by atoms with Crippen molar-refractivity contribution in [3.63, 3.8) is 0 Å². The summed E-state index contributed by atoms with van der Waals surface area (Å²) in [6.07, 6.45) is 0. The number of carbonyl (C=O) groups excluding carboxylic acids is 1. The van der Waals surface area contributed by atoms with Crippen molar-refractivity contribution in [2.75, 3.05) is 24.6 Å². The highest BCUT2D eigenvalue weighted by molar-refractivity contribution is 7.10. The quantitative estimate of drug-likeness (QED) is 0.826. The zero-order chi connectivity index (χ0) is 15.1. The topological polar surface area (TPSA) is 52.6 Å². The monoisotopic (exact) mass is 304 g/mol. The first-order valence-electron chi connectivity index (χ1n) is 6.94. The van der Waals surface area contributed by atoms with Gasteiger partial charge < -0.3 is 15.3 Å². The molecule has 2 rings (SSSR count). The SMILES string of the molecule is CC(NC(=O)CN(CCO)c1ccccc1)c1cccs1. The molecule has 0 aliphatic rings. The summed E-state index contributed by atoms with van der Waals surface area (Å²) in [6, 6.07) is 13.6. The Morgan fingerprint density at radius 1 is 1.29 bits per heavy atom. The molecule has 1 unspecified atom stereocenters. The van der Waals surface area contributed by atoms with Gasteiger partial charge in [0.15, 0.2) is 0 Å². The Labute approximate surface area is 129 Å². The molecule has 2 N–H and O–H groups in total. The summed E-state index contributed by atoms with van der Waals surface area (Å²) in [4.78, 5) is 15.2. The molecular weight excluding hydrogens is 284 g/mol. The zero-order valence-electron chi connectivity index (χ0n) is 12.0. The summed E-state index contributed by atoms with van der Waals surface area (Å²) in [5.74, 6) is -0.0480. The van der Waals surface area contributed by atoms with E-state index in [0.29, 0.717) is 6.54 Å². The Morgan fingerprint density at radius 3 is 2.67 bits per heavy atom. The van der Waals surface area contributed by atoms with E-state index in [1.165, 1.54) is 0 Å². The van der Waals surface area contributed by atoms with E-state index in [1.807, 2.05) is 59.7 Å². The number of rotatable bonds is 7. The molecule has 1 atom stereocenters. The molecule has 21 heavy (non-hydrogen) atoms. The van der Waals surface area contributed by atoms with E-state index >= 15 is 0 Å². The van der Waals surface area contributed by atoms with Crippen LogP contribution in [0, 0.1) is 0 Å². The van der Waals surface area contributed by atoms with Gasteiger partial charge in [-0.2, -0.15) is 0 Å². The second-order valence-corrected chi connectivity index (χ2v) is 5.76. The molecule has 0 bridgehead atoms. The number of nitrogens with one attached hydrogen (secondary N) is 1. The first kappa shape index (κ1) is 15.5. The van der Waals surface area contributed by atoms with E-state index in [-0.39, 0.29) is 25.1 Å². The predicted molar refractivity (Wildman–Crippen MR) is 86.6 cm³/mol. The van der Waals surface area contributed by atoms with Gasteiger partial charge in [-0.05, 0) is 30.5 Å². The Balaban J connectivity index is 1.95. The Hall–Kier alpha value is -1.85. The van der Waals surface area contributed by atoms with Gasteiger partial charge >= 0.3 is 0 Å². The molecule has 4 nitrogen and oxygen atoms in total. The van der Waals surface area contributed by atoms with Crippen molar-refractivity contribution in [1.82, 2.24) is 5.32 Å². The van der Waals surface area contributed by atoms with Crippen LogP contribution in [0.15, 0.2) is 47.8 Å². The second kappa shape index (κ2) is 7.81. The molecule has 0 saturated carbocycles. The van der Waals surface area contributed by atoms with Crippen molar-refractivity contribution in [1.29, 1.82) is 0 Å².